The molecule has 0 unspecified atom stereocenters. The van der Waals surface area contributed by atoms with E-state index in [1.54, 1.807) is 0 Å². The molecule has 0 saturated heterocycles. The van der Waals surface area contributed by atoms with E-state index in [-0.39, 0.29) is 12.3 Å². The fourth-order valence-electron chi connectivity index (χ4n) is 2.04. The molecule has 23 heavy (non-hydrogen) atoms. The second kappa shape index (κ2) is 6.66. The van der Waals surface area contributed by atoms with Crippen molar-refractivity contribution < 1.29 is 14.6 Å². The van der Waals surface area contributed by atoms with Crippen molar-refractivity contribution in [2.24, 2.45) is 0 Å². The van der Waals surface area contributed by atoms with Crippen molar-refractivity contribution in [1.29, 1.82) is 0 Å². The molecule has 1 aromatic heterocycles. The number of carboxylic acid groups (broad SMARTS) is 1. The lowest BCUT2D eigenvalue weighted by Gasteiger charge is -2.06. The van der Waals surface area contributed by atoms with Gasteiger partial charge in [0.15, 0.2) is 5.69 Å². The fraction of sp³-hybridized carbons (Fsp3) is 0.0588. The van der Waals surface area contributed by atoms with Gasteiger partial charge in [0.1, 0.15) is 25.2 Å². The molecule has 0 fully saturated rings. The molecule has 3 aromatic rings. The molecule has 0 amide bonds. The zero-order valence-electron chi connectivity index (χ0n) is 12.1. The standard InChI is InChI=1S/C17H12BNO3S/c18-13-5-1-11(2-6-13)12-3-7-14(8-4-12)22-9-16-19-15(10-23-16)17(20)21/h1-8,10H,9H2,(H,20,21). The number of aromatic carboxylic acids is 1. The van der Waals surface area contributed by atoms with E-state index in [9.17, 15) is 4.79 Å². The second-order valence-electron chi connectivity index (χ2n) is 4.87. The molecule has 1 heterocycles. The number of carbonyl (C=O) groups is 1. The van der Waals surface area contributed by atoms with E-state index in [1.807, 2.05) is 48.5 Å². The van der Waals surface area contributed by atoms with E-state index in [1.165, 1.54) is 16.7 Å². The summed E-state index contributed by atoms with van der Waals surface area (Å²) in [7, 11) is 5.68. The van der Waals surface area contributed by atoms with Crippen molar-refractivity contribution in [1.82, 2.24) is 4.98 Å². The molecule has 0 aliphatic carbocycles. The van der Waals surface area contributed by atoms with E-state index in [4.69, 9.17) is 17.7 Å². The maximum Gasteiger partial charge on any atom is 0.355 e. The van der Waals surface area contributed by atoms with Crippen LogP contribution in [-0.4, -0.2) is 23.9 Å². The third kappa shape index (κ3) is 3.79. The number of carboxylic acids is 1. The van der Waals surface area contributed by atoms with Crippen molar-refractivity contribution in [3.8, 4) is 16.9 Å². The Labute approximate surface area is 138 Å². The van der Waals surface area contributed by atoms with Crippen molar-refractivity contribution in [3.63, 3.8) is 0 Å². The van der Waals surface area contributed by atoms with Gasteiger partial charge >= 0.3 is 5.97 Å². The molecule has 0 atom stereocenters. The lowest BCUT2D eigenvalue weighted by Crippen LogP contribution is -1.99. The Morgan fingerprint density at radius 3 is 2.26 bits per heavy atom. The van der Waals surface area contributed by atoms with Crippen LogP contribution >= 0.6 is 11.3 Å². The van der Waals surface area contributed by atoms with Crippen LogP contribution in [0.25, 0.3) is 11.1 Å². The highest BCUT2D eigenvalue weighted by molar-refractivity contribution is 7.09. The first-order valence-corrected chi connectivity index (χ1v) is 7.76. The van der Waals surface area contributed by atoms with Gasteiger partial charge in [-0.2, -0.15) is 0 Å². The number of hydrogen-bond donors (Lipinski definition) is 1. The highest BCUT2D eigenvalue weighted by atomic mass is 32.1. The topological polar surface area (TPSA) is 59.4 Å². The Kier molecular flexibility index (Phi) is 4.44. The number of ether oxygens (including phenoxy) is 1. The molecule has 0 aliphatic rings. The molecule has 2 radical (unpaired) electrons. The van der Waals surface area contributed by atoms with E-state index in [0.29, 0.717) is 10.8 Å². The monoisotopic (exact) mass is 321 g/mol. The molecular weight excluding hydrogens is 309 g/mol. The van der Waals surface area contributed by atoms with Gasteiger partial charge in [0.2, 0.25) is 0 Å². The summed E-state index contributed by atoms with van der Waals surface area (Å²) in [6, 6.07) is 15.3. The Bertz CT molecular complexity index is 813. The van der Waals surface area contributed by atoms with Crippen LogP contribution in [0.5, 0.6) is 5.75 Å². The minimum absolute atomic E-state index is 0.0484. The summed E-state index contributed by atoms with van der Waals surface area (Å²) in [6.45, 7) is 0.249. The fourth-order valence-corrected chi connectivity index (χ4v) is 2.72. The highest BCUT2D eigenvalue weighted by Gasteiger charge is 2.09. The van der Waals surface area contributed by atoms with Gasteiger partial charge < -0.3 is 9.84 Å². The predicted octanol–water partition coefficient (Wildman–Crippen LogP) is 2.88. The zero-order chi connectivity index (χ0) is 16.2. The number of nitrogens with zero attached hydrogens (tertiary/aromatic N) is 1. The van der Waals surface area contributed by atoms with Crippen LogP contribution in [0, 0.1) is 0 Å². The van der Waals surface area contributed by atoms with E-state index in [0.717, 1.165) is 16.6 Å². The van der Waals surface area contributed by atoms with Gasteiger partial charge in [-0.1, -0.05) is 41.9 Å². The molecule has 0 spiro atoms. The van der Waals surface area contributed by atoms with Gasteiger partial charge in [0, 0.05) is 5.38 Å². The van der Waals surface area contributed by atoms with Crippen molar-refractivity contribution in [2.45, 2.75) is 6.61 Å². The summed E-state index contributed by atoms with van der Waals surface area (Å²) < 4.78 is 5.63. The lowest BCUT2D eigenvalue weighted by atomic mass is 9.94. The van der Waals surface area contributed by atoms with Gasteiger partial charge in [0.05, 0.1) is 0 Å². The smallest absolute Gasteiger partial charge is 0.355 e. The third-order valence-corrected chi connectivity index (χ3v) is 4.05. The van der Waals surface area contributed by atoms with E-state index < -0.39 is 5.97 Å². The number of thiazole rings is 1. The molecular formula is C17H12BNO3S. The van der Waals surface area contributed by atoms with Gasteiger partial charge in [-0.15, -0.1) is 11.3 Å². The van der Waals surface area contributed by atoms with Gasteiger partial charge in [0.25, 0.3) is 0 Å². The number of rotatable bonds is 5. The molecule has 6 heteroatoms. The average Bonchev–Trinajstić information content (AvgIpc) is 3.04. The van der Waals surface area contributed by atoms with E-state index >= 15 is 0 Å². The quantitative estimate of drug-likeness (QED) is 0.734. The highest BCUT2D eigenvalue weighted by Crippen LogP contribution is 2.22. The van der Waals surface area contributed by atoms with Crippen LogP contribution in [-0.2, 0) is 6.61 Å². The maximum absolute atomic E-state index is 10.8. The molecule has 3 rings (SSSR count). The molecule has 4 nitrogen and oxygen atoms in total. The zero-order valence-corrected chi connectivity index (χ0v) is 12.9. The minimum atomic E-state index is -1.03. The first-order valence-electron chi connectivity index (χ1n) is 6.88. The molecule has 0 saturated carbocycles. The van der Waals surface area contributed by atoms with Crippen molar-refractivity contribution in [2.75, 3.05) is 0 Å². The summed E-state index contributed by atoms with van der Waals surface area (Å²) >= 11 is 1.27. The largest absolute Gasteiger partial charge is 0.486 e. The Balaban J connectivity index is 1.65. The molecule has 2 aromatic carbocycles. The summed E-state index contributed by atoms with van der Waals surface area (Å²) in [5.41, 5.74) is 2.93. The first-order chi connectivity index (χ1) is 11.1. The van der Waals surface area contributed by atoms with Crippen molar-refractivity contribution >= 4 is 30.6 Å². The molecule has 1 N–H and O–H groups in total. The van der Waals surface area contributed by atoms with E-state index in [2.05, 4.69) is 4.98 Å². The molecule has 0 aliphatic heterocycles. The van der Waals surface area contributed by atoms with Crippen molar-refractivity contribution in [3.05, 3.63) is 64.6 Å². The van der Waals surface area contributed by atoms with Gasteiger partial charge in [-0.25, -0.2) is 9.78 Å². The summed E-state index contributed by atoms with van der Waals surface area (Å²) in [4.78, 5) is 14.8. The number of benzene rings is 2. The Morgan fingerprint density at radius 2 is 1.70 bits per heavy atom. The lowest BCUT2D eigenvalue weighted by molar-refractivity contribution is 0.0691. The Hall–Kier alpha value is -2.60. The SMILES string of the molecule is [B]c1ccc(-c2ccc(OCc3nc(C(=O)O)cs3)cc2)cc1. The minimum Gasteiger partial charge on any atom is -0.486 e. The number of aromatic nitrogens is 1. The van der Waals surface area contributed by atoms with Gasteiger partial charge in [-0.3, -0.25) is 0 Å². The Morgan fingerprint density at radius 1 is 1.09 bits per heavy atom. The average molecular weight is 321 g/mol. The van der Waals surface area contributed by atoms with Gasteiger partial charge in [-0.05, 0) is 23.3 Å². The van der Waals surface area contributed by atoms with Crippen LogP contribution in [0.15, 0.2) is 53.9 Å². The summed E-state index contributed by atoms with van der Waals surface area (Å²) in [5, 5.41) is 11.0. The van der Waals surface area contributed by atoms with Crippen LogP contribution in [0.2, 0.25) is 0 Å². The molecule has 0 bridgehead atoms. The second-order valence-corrected chi connectivity index (χ2v) is 5.81. The number of hydrogen-bond acceptors (Lipinski definition) is 4. The normalized spacial score (nSPS) is 10.4. The summed E-state index contributed by atoms with van der Waals surface area (Å²) in [5.74, 6) is -0.323. The predicted molar refractivity (Wildman–Crippen MR) is 90.7 cm³/mol. The molecule has 112 valence electrons. The maximum atomic E-state index is 10.8. The van der Waals surface area contributed by atoms with Crippen LogP contribution < -0.4 is 10.2 Å². The third-order valence-electron chi connectivity index (χ3n) is 3.23. The van der Waals surface area contributed by atoms with Crippen LogP contribution in [0.4, 0.5) is 0 Å². The van der Waals surface area contributed by atoms with Crippen LogP contribution in [0.1, 0.15) is 15.5 Å². The van der Waals surface area contributed by atoms with Crippen LogP contribution in [0.3, 0.4) is 0 Å². The summed E-state index contributed by atoms with van der Waals surface area (Å²) in [6.07, 6.45) is 0. The first kappa shape index (κ1) is 15.3.